The molecule has 4 nitrogen and oxygen atoms in total. The molecule has 0 fully saturated rings. The van der Waals surface area contributed by atoms with Gasteiger partial charge in [-0.1, -0.05) is 89.1 Å². The van der Waals surface area contributed by atoms with Crippen molar-refractivity contribution in [2.45, 2.75) is 78.1 Å². The van der Waals surface area contributed by atoms with E-state index in [9.17, 15) is 4.79 Å². The van der Waals surface area contributed by atoms with E-state index < -0.39 is 5.97 Å². The molecule has 2 rings (SSSR count). The van der Waals surface area contributed by atoms with Crippen LogP contribution in [-0.2, 0) is 11.2 Å². The molecule has 0 bridgehead atoms. The van der Waals surface area contributed by atoms with Crippen molar-refractivity contribution in [1.82, 2.24) is 9.97 Å². The van der Waals surface area contributed by atoms with E-state index in [-0.39, 0.29) is 0 Å². The van der Waals surface area contributed by atoms with Crippen molar-refractivity contribution in [3.05, 3.63) is 54.4 Å². The predicted molar refractivity (Wildman–Crippen MR) is 119 cm³/mol. The summed E-state index contributed by atoms with van der Waals surface area (Å²) in [7, 11) is 0. The molecule has 2 aromatic rings. The quantitative estimate of drug-likeness (QED) is 0.215. The summed E-state index contributed by atoms with van der Waals surface area (Å²) in [6, 6.07) is 8.42. The van der Waals surface area contributed by atoms with Crippen LogP contribution < -0.4 is 4.74 Å². The van der Waals surface area contributed by atoms with Crippen molar-refractivity contribution in [1.29, 1.82) is 0 Å². The Labute approximate surface area is 175 Å². The first-order chi connectivity index (χ1) is 14.2. The molecule has 0 aliphatic rings. The highest BCUT2D eigenvalue weighted by atomic mass is 16.5. The lowest BCUT2D eigenvalue weighted by molar-refractivity contribution is -0.129. The van der Waals surface area contributed by atoms with Crippen molar-refractivity contribution in [2.24, 2.45) is 0 Å². The molecule has 0 aliphatic carbocycles. The molecule has 4 heteroatoms. The standard InChI is InChI=1S/C25H34N2O2/c1-3-5-7-9-10-11-13-21-15-17-22(18-16-21)25-26-19-23(20-27-25)29-24(28)14-12-8-6-4-2/h12,14-20H,3-11,13H2,1-2H3. The fourth-order valence-corrected chi connectivity index (χ4v) is 3.10. The molecule has 0 atom stereocenters. The van der Waals surface area contributed by atoms with Crippen molar-refractivity contribution in [3.8, 4) is 17.1 Å². The molecule has 0 amide bonds. The number of ether oxygens (including phenoxy) is 1. The molecule has 1 heterocycles. The Morgan fingerprint density at radius 3 is 2.24 bits per heavy atom. The lowest BCUT2D eigenvalue weighted by Gasteiger charge is -2.05. The number of rotatable bonds is 13. The molecule has 0 saturated carbocycles. The molecule has 1 aromatic heterocycles. The van der Waals surface area contributed by atoms with Gasteiger partial charge in [0, 0.05) is 11.6 Å². The largest absolute Gasteiger partial charge is 0.420 e. The first-order valence-corrected chi connectivity index (χ1v) is 11.0. The van der Waals surface area contributed by atoms with Crippen molar-refractivity contribution >= 4 is 5.97 Å². The molecule has 0 saturated heterocycles. The number of aromatic nitrogens is 2. The van der Waals surface area contributed by atoms with Gasteiger partial charge >= 0.3 is 5.97 Å². The summed E-state index contributed by atoms with van der Waals surface area (Å²) in [5, 5.41) is 0. The monoisotopic (exact) mass is 394 g/mol. The second kappa shape index (κ2) is 13.6. The number of hydrogen-bond donors (Lipinski definition) is 0. The molecule has 0 spiro atoms. The van der Waals surface area contributed by atoms with Crippen LogP contribution in [0.4, 0.5) is 0 Å². The number of benzene rings is 1. The van der Waals surface area contributed by atoms with E-state index in [4.69, 9.17) is 4.74 Å². The highest BCUT2D eigenvalue weighted by molar-refractivity contribution is 5.83. The fourth-order valence-electron chi connectivity index (χ4n) is 3.10. The third kappa shape index (κ3) is 9.03. The van der Waals surface area contributed by atoms with Crippen LogP contribution in [0, 0.1) is 0 Å². The number of esters is 1. The number of nitrogens with zero attached hydrogens (tertiary/aromatic N) is 2. The van der Waals surface area contributed by atoms with Crippen LogP contribution in [-0.4, -0.2) is 15.9 Å². The van der Waals surface area contributed by atoms with E-state index in [1.165, 1.54) is 50.2 Å². The first-order valence-electron chi connectivity index (χ1n) is 11.0. The minimum absolute atomic E-state index is 0.360. The lowest BCUT2D eigenvalue weighted by atomic mass is 10.0. The van der Waals surface area contributed by atoms with E-state index >= 15 is 0 Å². The summed E-state index contributed by atoms with van der Waals surface area (Å²) >= 11 is 0. The number of hydrogen-bond acceptors (Lipinski definition) is 4. The summed E-state index contributed by atoms with van der Waals surface area (Å²) < 4.78 is 5.23. The van der Waals surface area contributed by atoms with E-state index in [1.807, 2.05) is 6.08 Å². The van der Waals surface area contributed by atoms with Gasteiger partial charge in [0.05, 0.1) is 12.4 Å². The zero-order valence-electron chi connectivity index (χ0n) is 17.9. The second-order valence-corrected chi connectivity index (χ2v) is 7.42. The van der Waals surface area contributed by atoms with Gasteiger partial charge in [-0.3, -0.25) is 0 Å². The Bertz CT molecular complexity index is 736. The summed E-state index contributed by atoms with van der Waals surface area (Å²) in [6.07, 6.45) is 18.5. The smallest absolute Gasteiger partial charge is 0.335 e. The molecule has 156 valence electrons. The average Bonchev–Trinajstić information content (AvgIpc) is 2.75. The average molecular weight is 395 g/mol. The maximum atomic E-state index is 11.8. The number of unbranched alkanes of at least 4 members (excludes halogenated alkanes) is 7. The topological polar surface area (TPSA) is 52.1 Å². The van der Waals surface area contributed by atoms with Crippen LogP contribution in [0.15, 0.2) is 48.8 Å². The van der Waals surface area contributed by atoms with Crippen molar-refractivity contribution < 1.29 is 9.53 Å². The molecular formula is C25H34N2O2. The minimum atomic E-state index is -0.392. The summed E-state index contributed by atoms with van der Waals surface area (Å²) in [6.45, 7) is 4.37. The molecule has 0 aliphatic heterocycles. The van der Waals surface area contributed by atoms with Gasteiger partial charge < -0.3 is 4.74 Å². The van der Waals surface area contributed by atoms with E-state index in [2.05, 4.69) is 48.1 Å². The molecule has 0 unspecified atom stereocenters. The minimum Gasteiger partial charge on any atom is -0.420 e. The SMILES string of the molecule is CCCCC=CC(=O)Oc1cnc(-c2ccc(CCCCCCCC)cc2)nc1. The van der Waals surface area contributed by atoms with Crippen LogP contribution in [0.3, 0.4) is 0 Å². The van der Waals surface area contributed by atoms with Gasteiger partial charge in [-0.05, 0) is 24.8 Å². The highest BCUT2D eigenvalue weighted by Gasteiger charge is 2.05. The number of carbonyl (C=O) groups excluding carboxylic acids is 1. The van der Waals surface area contributed by atoms with Crippen LogP contribution >= 0.6 is 0 Å². The Morgan fingerprint density at radius 1 is 0.897 bits per heavy atom. The maximum Gasteiger partial charge on any atom is 0.335 e. The van der Waals surface area contributed by atoms with E-state index in [0.717, 1.165) is 31.2 Å². The third-order valence-electron chi connectivity index (χ3n) is 4.86. The highest BCUT2D eigenvalue weighted by Crippen LogP contribution is 2.19. The number of aryl methyl sites for hydroxylation is 1. The Balaban J connectivity index is 1.80. The molecule has 0 radical (unpaired) electrons. The van der Waals surface area contributed by atoms with Crippen LogP contribution in [0.1, 0.15) is 77.2 Å². The summed E-state index contributed by atoms with van der Waals surface area (Å²) in [5.41, 5.74) is 2.32. The fraction of sp³-hybridized carbons (Fsp3) is 0.480. The van der Waals surface area contributed by atoms with Gasteiger partial charge in [0.1, 0.15) is 0 Å². The first kappa shape index (κ1) is 22.8. The van der Waals surface area contributed by atoms with E-state index in [0.29, 0.717) is 11.6 Å². The molecule has 1 aromatic carbocycles. The normalized spacial score (nSPS) is 11.1. The van der Waals surface area contributed by atoms with Crippen molar-refractivity contribution in [3.63, 3.8) is 0 Å². The van der Waals surface area contributed by atoms with Crippen molar-refractivity contribution in [2.75, 3.05) is 0 Å². The van der Waals surface area contributed by atoms with Gasteiger partial charge in [0.25, 0.3) is 0 Å². The second-order valence-electron chi connectivity index (χ2n) is 7.42. The Hall–Kier alpha value is -2.49. The summed E-state index contributed by atoms with van der Waals surface area (Å²) in [4.78, 5) is 20.4. The van der Waals surface area contributed by atoms with Crippen LogP contribution in [0.5, 0.6) is 5.75 Å². The number of carbonyl (C=O) groups is 1. The van der Waals surface area contributed by atoms with Crippen LogP contribution in [0.25, 0.3) is 11.4 Å². The summed E-state index contributed by atoms with van der Waals surface area (Å²) in [5.74, 6) is 0.601. The lowest BCUT2D eigenvalue weighted by Crippen LogP contribution is -2.04. The van der Waals surface area contributed by atoms with E-state index in [1.54, 1.807) is 12.4 Å². The third-order valence-corrected chi connectivity index (χ3v) is 4.86. The maximum absolute atomic E-state index is 11.8. The van der Waals surface area contributed by atoms with Gasteiger partial charge in [-0.15, -0.1) is 0 Å². The Morgan fingerprint density at radius 2 is 1.55 bits per heavy atom. The van der Waals surface area contributed by atoms with Crippen LogP contribution in [0.2, 0.25) is 0 Å². The number of allylic oxidation sites excluding steroid dienone is 1. The molecule has 29 heavy (non-hydrogen) atoms. The zero-order valence-corrected chi connectivity index (χ0v) is 17.9. The van der Waals surface area contributed by atoms with Gasteiger partial charge in [-0.25, -0.2) is 14.8 Å². The molecular weight excluding hydrogens is 360 g/mol. The zero-order chi connectivity index (χ0) is 20.7. The van der Waals surface area contributed by atoms with Gasteiger partial charge in [-0.2, -0.15) is 0 Å². The molecule has 0 N–H and O–H groups in total. The van der Waals surface area contributed by atoms with Gasteiger partial charge in [0.2, 0.25) is 0 Å². The predicted octanol–water partition coefficient (Wildman–Crippen LogP) is 6.70. The Kier molecular flexibility index (Phi) is 10.7. The van der Waals surface area contributed by atoms with Gasteiger partial charge in [0.15, 0.2) is 11.6 Å².